The molecule has 1 N–H and O–H groups in total. The summed E-state index contributed by atoms with van der Waals surface area (Å²) in [7, 11) is 1.30. The van der Waals surface area contributed by atoms with Crippen molar-refractivity contribution in [3.63, 3.8) is 0 Å². The second-order valence-corrected chi connectivity index (χ2v) is 4.83. The summed E-state index contributed by atoms with van der Waals surface area (Å²) < 4.78 is 45.4. The fourth-order valence-electron chi connectivity index (χ4n) is 2.11. The van der Waals surface area contributed by atoms with Gasteiger partial charge in [0.1, 0.15) is 17.8 Å². The number of alkyl halides is 3. The minimum Gasteiger partial charge on any atom is -0.496 e. The highest BCUT2D eigenvalue weighted by atomic mass is 32.1. The summed E-state index contributed by atoms with van der Waals surface area (Å²) in [6.45, 7) is 0. The molecule has 0 unspecified atom stereocenters. The Morgan fingerprint density at radius 3 is 2.77 bits per heavy atom. The van der Waals surface area contributed by atoms with E-state index in [2.05, 4.69) is 15.2 Å². The summed E-state index contributed by atoms with van der Waals surface area (Å²) in [4.78, 5) is 3.98. The predicted octanol–water partition coefficient (Wildman–Crippen LogP) is 3.48. The van der Waals surface area contributed by atoms with E-state index in [1.807, 2.05) is 0 Å². The van der Waals surface area contributed by atoms with Gasteiger partial charge in [-0.1, -0.05) is 0 Å². The first-order valence-corrected chi connectivity index (χ1v) is 6.49. The molecule has 2 aromatic heterocycles. The van der Waals surface area contributed by atoms with Crippen LogP contribution in [-0.2, 0) is 6.18 Å². The van der Waals surface area contributed by atoms with Crippen LogP contribution >= 0.6 is 12.2 Å². The van der Waals surface area contributed by atoms with Gasteiger partial charge >= 0.3 is 6.18 Å². The lowest BCUT2D eigenvalue weighted by Crippen LogP contribution is -2.06. The van der Waals surface area contributed by atoms with Gasteiger partial charge in [0.25, 0.3) is 0 Å². The molecule has 0 spiro atoms. The summed E-state index contributed by atoms with van der Waals surface area (Å²) in [5.74, 6) is 0.0657. The Labute approximate surface area is 127 Å². The van der Waals surface area contributed by atoms with Crippen LogP contribution in [0.15, 0.2) is 30.7 Å². The van der Waals surface area contributed by atoms with Gasteiger partial charge in [-0.25, -0.2) is 4.98 Å². The molecule has 0 aliphatic carbocycles. The molecular formula is C13H9F3N4OS. The van der Waals surface area contributed by atoms with Crippen molar-refractivity contribution < 1.29 is 17.9 Å². The molecule has 3 aromatic rings. The zero-order valence-electron chi connectivity index (χ0n) is 11.2. The van der Waals surface area contributed by atoms with Crippen LogP contribution in [0, 0.1) is 4.77 Å². The standard InChI is InChI=1S/C13H9F3N4OS/c1-21-10-4-7(13(14,15)16)2-3-8(10)11-9-5-17-6-20(9)12(22)19-18-11/h2-6H,1H3,(H,19,22). The van der Waals surface area contributed by atoms with Crippen molar-refractivity contribution in [3.05, 3.63) is 41.1 Å². The Morgan fingerprint density at radius 1 is 1.32 bits per heavy atom. The molecule has 0 amide bonds. The number of aromatic nitrogens is 4. The summed E-state index contributed by atoms with van der Waals surface area (Å²) in [5.41, 5.74) is 0.590. The highest BCUT2D eigenvalue weighted by Crippen LogP contribution is 2.37. The van der Waals surface area contributed by atoms with Gasteiger partial charge in [0.15, 0.2) is 4.77 Å². The zero-order chi connectivity index (χ0) is 15.9. The Balaban J connectivity index is 2.25. The highest BCUT2D eigenvalue weighted by Gasteiger charge is 2.31. The summed E-state index contributed by atoms with van der Waals surface area (Å²) in [6, 6.07) is 3.23. The van der Waals surface area contributed by atoms with E-state index in [4.69, 9.17) is 17.0 Å². The van der Waals surface area contributed by atoms with Crippen LogP contribution < -0.4 is 4.74 Å². The van der Waals surface area contributed by atoms with Crippen molar-refractivity contribution >= 4 is 17.7 Å². The number of nitrogens with zero attached hydrogens (tertiary/aromatic N) is 3. The Kier molecular flexibility index (Phi) is 3.36. The van der Waals surface area contributed by atoms with Crippen molar-refractivity contribution in [2.24, 2.45) is 0 Å². The van der Waals surface area contributed by atoms with Gasteiger partial charge in [0.05, 0.1) is 24.4 Å². The minimum atomic E-state index is -4.44. The lowest BCUT2D eigenvalue weighted by Gasteiger charge is -2.12. The lowest BCUT2D eigenvalue weighted by molar-refractivity contribution is -0.137. The number of hydrogen-bond acceptors (Lipinski definition) is 4. The fraction of sp³-hybridized carbons (Fsp3) is 0.154. The summed E-state index contributed by atoms with van der Waals surface area (Å²) in [6.07, 6.45) is -1.42. The largest absolute Gasteiger partial charge is 0.496 e. The molecule has 9 heteroatoms. The van der Waals surface area contributed by atoms with E-state index >= 15 is 0 Å². The van der Waals surface area contributed by atoms with Crippen molar-refractivity contribution in [1.29, 1.82) is 0 Å². The highest BCUT2D eigenvalue weighted by molar-refractivity contribution is 7.71. The first-order chi connectivity index (χ1) is 10.4. The molecule has 0 atom stereocenters. The van der Waals surface area contributed by atoms with Crippen molar-refractivity contribution in [2.75, 3.05) is 7.11 Å². The maximum absolute atomic E-state index is 12.8. The first kappa shape index (κ1) is 14.5. The Bertz CT molecular complexity index is 900. The number of nitrogens with one attached hydrogen (secondary N) is 1. The molecule has 0 aliphatic rings. The van der Waals surface area contributed by atoms with Crippen LogP contribution in [0.3, 0.4) is 0 Å². The molecule has 1 aromatic carbocycles. The monoisotopic (exact) mass is 326 g/mol. The third kappa shape index (κ3) is 2.33. The lowest BCUT2D eigenvalue weighted by atomic mass is 10.1. The number of ether oxygens (including phenoxy) is 1. The second-order valence-electron chi connectivity index (χ2n) is 4.44. The number of halogens is 3. The van der Waals surface area contributed by atoms with E-state index in [1.54, 1.807) is 4.40 Å². The Hall–Kier alpha value is -2.42. The molecule has 22 heavy (non-hydrogen) atoms. The number of imidazole rings is 1. The predicted molar refractivity (Wildman–Crippen MR) is 75.2 cm³/mol. The van der Waals surface area contributed by atoms with Crippen LogP contribution in [0.25, 0.3) is 16.8 Å². The van der Waals surface area contributed by atoms with Crippen molar-refractivity contribution in [2.45, 2.75) is 6.18 Å². The van der Waals surface area contributed by atoms with Crippen LogP contribution in [0.4, 0.5) is 13.2 Å². The molecule has 3 rings (SSSR count). The van der Waals surface area contributed by atoms with Gasteiger partial charge < -0.3 is 4.74 Å². The number of H-pyrrole nitrogens is 1. The summed E-state index contributed by atoms with van der Waals surface area (Å²) in [5, 5.41) is 6.73. The van der Waals surface area contributed by atoms with Gasteiger partial charge in [-0.05, 0) is 30.4 Å². The van der Waals surface area contributed by atoms with Crippen LogP contribution in [-0.4, -0.2) is 26.7 Å². The smallest absolute Gasteiger partial charge is 0.416 e. The zero-order valence-corrected chi connectivity index (χ0v) is 12.0. The van der Waals surface area contributed by atoms with Gasteiger partial charge in [0.2, 0.25) is 0 Å². The SMILES string of the molecule is COc1cc(C(F)(F)F)ccc1-c1n[nH]c(=S)n2cncc12. The molecule has 0 saturated heterocycles. The van der Waals surface area contributed by atoms with E-state index < -0.39 is 11.7 Å². The third-order valence-electron chi connectivity index (χ3n) is 3.15. The Morgan fingerprint density at radius 2 is 2.09 bits per heavy atom. The van der Waals surface area contributed by atoms with Gasteiger partial charge in [0, 0.05) is 5.56 Å². The number of fused-ring (bicyclic) bond motifs is 1. The third-order valence-corrected chi connectivity index (χ3v) is 3.44. The molecule has 5 nitrogen and oxygen atoms in total. The number of rotatable bonds is 2. The van der Waals surface area contributed by atoms with E-state index in [0.29, 0.717) is 21.5 Å². The van der Waals surface area contributed by atoms with Crippen LogP contribution in [0.5, 0.6) is 5.75 Å². The molecule has 114 valence electrons. The fourth-order valence-corrected chi connectivity index (χ4v) is 2.30. The first-order valence-electron chi connectivity index (χ1n) is 6.08. The normalized spacial score (nSPS) is 11.8. The van der Waals surface area contributed by atoms with Crippen molar-refractivity contribution in [1.82, 2.24) is 19.6 Å². The number of benzene rings is 1. The number of hydrogen-bond donors (Lipinski definition) is 1. The second kappa shape index (κ2) is 5.09. The molecule has 0 radical (unpaired) electrons. The van der Waals surface area contributed by atoms with Gasteiger partial charge in [-0.2, -0.15) is 18.3 Å². The maximum Gasteiger partial charge on any atom is 0.416 e. The summed E-state index contributed by atoms with van der Waals surface area (Å²) >= 11 is 5.07. The van der Waals surface area contributed by atoms with Crippen LogP contribution in [0.1, 0.15) is 5.56 Å². The quantitative estimate of drug-likeness (QED) is 0.733. The van der Waals surface area contributed by atoms with E-state index in [-0.39, 0.29) is 5.75 Å². The molecule has 0 bridgehead atoms. The average Bonchev–Trinajstić information content (AvgIpc) is 2.96. The van der Waals surface area contributed by atoms with Crippen molar-refractivity contribution in [3.8, 4) is 17.0 Å². The van der Waals surface area contributed by atoms with Gasteiger partial charge in [-0.3, -0.25) is 9.50 Å². The van der Waals surface area contributed by atoms with Crippen LogP contribution in [0.2, 0.25) is 0 Å². The van der Waals surface area contributed by atoms with E-state index in [1.165, 1.54) is 25.7 Å². The molecular weight excluding hydrogens is 317 g/mol. The molecule has 0 aliphatic heterocycles. The molecule has 2 heterocycles. The molecule has 0 saturated carbocycles. The van der Waals surface area contributed by atoms with Gasteiger partial charge in [-0.15, -0.1) is 0 Å². The number of methoxy groups -OCH3 is 1. The van der Waals surface area contributed by atoms with E-state index in [0.717, 1.165) is 12.1 Å². The minimum absolute atomic E-state index is 0.0657. The number of aromatic amines is 1. The topological polar surface area (TPSA) is 55.2 Å². The average molecular weight is 326 g/mol. The van der Waals surface area contributed by atoms with E-state index in [9.17, 15) is 13.2 Å². The molecule has 0 fully saturated rings. The maximum atomic E-state index is 12.8.